The van der Waals surface area contributed by atoms with Crippen molar-refractivity contribution in [2.24, 2.45) is 5.92 Å². The van der Waals surface area contributed by atoms with Gasteiger partial charge in [-0.05, 0) is 55.8 Å². The molecule has 21 heavy (non-hydrogen) atoms. The van der Waals surface area contributed by atoms with Gasteiger partial charge in [0.1, 0.15) is 5.82 Å². The van der Waals surface area contributed by atoms with Gasteiger partial charge >= 0.3 is 0 Å². The fraction of sp³-hybridized carbons (Fsp3) is 0.471. The third-order valence-electron chi connectivity index (χ3n) is 4.31. The number of imidazole rings is 1. The number of likely N-dealkylation sites (tertiary alicyclic amines) is 1. The van der Waals surface area contributed by atoms with Gasteiger partial charge in [0.2, 0.25) is 0 Å². The van der Waals surface area contributed by atoms with Crippen LogP contribution in [0.25, 0.3) is 0 Å². The van der Waals surface area contributed by atoms with Crippen LogP contribution in [-0.4, -0.2) is 28.0 Å². The number of aromatic amines is 1. The highest BCUT2D eigenvalue weighted by molar-refractivity contribution is 5.16. The lowest BCUT2D eigenvalue weighted by atomic mass is 9.91. The van der Waals surface area contributed by atoms with Crippen molar-refractivity contribution < 1.29 is 4.39 Å². The van der Waals surface area contributed by atoms with Gasteiger partial charge in [0.15, 0.2) is 0 Å². The van der Waals surface area contributed by atoms with Crippen LogP contribution in [0.4, 0.5) is 4.39 Å². The zero-order chi connectivity index (χ0) is 14.5. The first-order valence-electron chi connectivity index (χ1n) is 7.73. The normalized spacial score (nSPS) is 19.8. The average molecular weight is 287 g/mol. The molecule has 1 fully saturated rings. The molecule has 0 aliphatic carbocycles. The molecule has 0 amide bonds. The van der Waals surface area contributed by atoms with Crippen LogP contribution in [0.3, 0.4) is 0 Å². The molecular weight excluding hydrogens is 265 g/mol. The largest absolute Gasteiger partial charge is 0.347 e. The molecule has 3 nitrogen and oxygen atoms in total. The number of piperidine rings is 1. The van der Waals surface area contributed by atoms with Crippen molar-refractivity contribution in [3.63, 3.8) is 0 Å². The molecule has 1 aromatic heterocycles. The van der Waals surface area contributed by atoms with Crippen molar-refractivity contribution in [1.82, 2.24) is 14.9 Å². The van der Waals surface area contributed by atoms with Crippen molar-refractivity contribution in [3.05, 3.63) is 53.9 Å². The van der Waals surface area contributed by atoms with Crippen LogP contribution in [0.15, 0.2) is 36.8 Å². The fourth-order valence-electron chi connectivity index (χ4n) is 3.16. The summed E-state index contributed by atoms with van der Waals surface area (Å²) in [5.74, 6) is 0.592. The molecule has 112 valence electrons. The molecule has 0 spiro atoms. The van der Waals surface area contributed by atoms with E-state index < -0.39 is 0 Å². The van der Waals surface area contributed by atoms with Gasteiger partial charge in [0.25, 0.3) is 0 Å². The Labute approximate surface area is 125 Å². The second kappa shape index (κ2) is 6.85. The Balaban J connectivity index is 1.48. The Hall–Kier alpha value is -1.68. The molecule has 0 saturated carbocycles. The maximum Gasteiger partial charge on any atom is 0.123 e. The van der Waals surface area contributed by atoms with E-state index in [0.717, 1.165) is 25.4 Å². The predicted octanol–water partition coefficient (Wildman–Crippen LogP) is 3.39. The number of nitrogens with one attached hydrogen (secondary N) is 1. The number of nitrogens with zero attached hydrogens (tertiary/aromatic N) is 2. The van der Waals surface area contributed by atoms with E-state index >= 15 is 0 Å². The van der Waals surface area contributed by atoms with Crippen LogP contribution in [0.5, 0.6) is 0 Å². The minimum absolute atomic E-state index is 0.151. The monoisotopic (exact) mass is 287 g/mol. The van der Waals surface area contributed by atoms with Crippen molar-refractivity contribution in [3.8, 4) is 0 Å². The Morgan fingerprint density at radius 3 is 2.90 bits per heavy atom. The van der Waals surface area contributed by atoms with E-state index in [9.17, 15) is 4.39 Å². The fourth-order valence-corrected chi connectivity index (χ4v) is 3.16. The van der Waals surface area contributed by atoms with Crippen LogP contribution in [-0.2, 0) is 13.0 Å². The van der Waals surface area contributed by atoms with E-state index in [1.807, 2.05) is 18.3 Å². The lowest BCUT2D eigenvalue weighted by molar-refractivity contribution is 0.160. The van der Waals surface area contributed by atoms with Gasteiger partial charge < -0.3 is 4.98 Å². The van der Waals surface area contributed by atoms with Crippen LogP contribution >= 0.6 is 0 Å². The van der Waals surface area contributed by atoms with E-state index in [1.165, 1.54) is 37.1 Å². The first kappa shape index (κ1) is 14.3. The van der Waals surface area contributed by atoms with Gasteiger partial charge in [-0.25, -0.2) is 9.37 Å². The molecule has 3 rings (SSSR count). The van der Waals surface area contributed by atoms with Gasteiger partial charge in [0, 0.05) is 25.0 Å². The molecule has 2 heterocycles. The van der Waals surface area contributed by atoms with Crippen LogP contribution in [0.1, 0.15) is 30.5 Å². The minimum atomic E-state index is -0.151. The summed E-state index contributed by atoms with van der Waals surface area (Å²) in [5, 5.41) is 0. The number of halogens is 1. The summed E-state index contributed by atoms with van der Waals surface area (Å²) in [6, 6.07) is 6.92. The van der Waals surface area contributed by atoms with Crippen molar-refractivity contribution in [2.75, 3.05) is 13.1 Å². The van der Waals surface area contributed by atoms with E-state index in [0.29, 0.717) is 0 Å². The summed E-state index contributed by atoms with van der Waals surface area (Å²) in [5.41, 5.74) is 2.43. The first-order valence-corrected chi connectivity index (χ1v) is 7.73. The highest BCUT2D eigenvalue weighted by Gasteiger charge is 2.20. The number of hydrogen-bond acceptors (Lipinski definition) is 2. The van der Waals surface area contributed by atoms with E-state index in [-0.39, 0.29) is 5.82 Å². The SMILES string of the molecule is Fc1ccc(CC[C@H]2CCCN(Cc3cnc[nH]3)C2)cc1. The maximum atomic E-state index is 12.9. The van der Waals surface area contributed by atoms with E-state index in [1.54, 1.807) is 18.5 Å². The second-order valence-corrected chi connectivity index (χ2v) is 5.99. The summed E-state index contributed by atoms with van der Waals surface area (Å²) in [6.45, 7) is 3.29. The quantitative estimate of drug-likeness (QED) is 0.914. The highest BCUT2D eigenvalue weighted by atomic mass is 19.1. The van der Waals surface area contributed by atoms with Gasteiger partial charge in [-0.15, -0.1) is 0 Å². The summed E-state index contributed by atoms with van der Waals surface area (Å²) >= 11 is 0. The van der Waals surface area contributed by atoms with Crippen molar-refractivity contribution in [2.45, 2.75) is 32.2 Å². The van der Waals surface area contributed by atoms with Gasteiger partial charge in [-0.3, -0.25) is 4.90 Å². The van der Waals surface area contributed by atoms with Gasteiger partial charge in [0.05, 0.1) is 6.33 Å². The molecule has 4 heteroatoms. The smallest absolute Gasteiger partial charge is 0.123 e. The zero-order valence-electron chi connectivity index (χ0n) is 12.3. The zero-order valence-corrected chi connectivity index (χ0v) is 12.3. The van der Waals surface area contributed by atoms with Gasteiger partial charge in [-0.1, -0.05) is 12.1 Å². The van der Waals surface area contributed by atoms with E-state index in [4.69, 9.17) is 0 Å². The summed E-state index contributed by atoms with van der Waals surface area (Å²) < 4.78 is 12.9. The second-order valence-electron chi connectivity index (χ2n) is 5.99. The highest BCUT2D eigenvalue weighted by Crippen LogP contribution is 2.22. The molecule has 0 unspecified atom stereocenters. The van der Waals surface area contributed by atoms with Crippen molar-refractivity contribution >= 4 is 0 Å². The standard InChI is InChI=1S/C17H22FN3/c18-16-7-5-14(6-8-16)3-4-15-2-1-9-21(11-15)12-17-10-19-13-20-17/h5-8,10,13,15H,1-4,9,11-12H2,(H,19,20)/t15-/m1/s1. The van der Waals surface area contributed by atoms with Crippen LogP contribution in [0, 0.1) is 11.7 Å². The molecule has 2 aromatic rings. The molecular formula is C17H22FN3. The number of aryl methyl sites for hydroxylation is 1. The van der Waals surface area contributed by atoms with Crippen LogP contribution in [0.2, 0.25) is 0 Å². The summed E-state index contributed by atoms with van der Waals surface area (Å²) in [6.07, 6.45) is 8.45. The molecule has 1 N–H and O–H groups in total. The Morgan fingerprint density at radius 2 is 2.14 bits per heavy atom. The number of rotatable bonds is 5. The third-order valence-corrected chi connectivity index (χ3v) is 4.31. The predicted molar refractivity (Wildman–Crippen MR) is 81.3 cm³/mol. The molecule has 1 saturated heterocycles. The Morgan fingerprint density at radius 1 is 1.29 bits per heavy atom. The minimum Gasteiger partial charge on any atom is -0.347 e. The molecule has 1 aliphatic rings. The van der Waals surface area contributed by atoms with Crippen molar-refractivity contribution in [1.29, 1.82) is 0 Å². The molecule has 1 aliphatic heterocycles. The first-order chi connectivity index (χ1) is 10.3. The third kappa shape index (κ3) is 4.14. The van der Waals surface area contributed by atoms with Crippen LogP contribution < -0.4 is 0 Å². The molecule has 1 aromatic carbocycles. The average Bonchev–Trinajstić information content (AvgIpc) is 3.00. The molecule has 1 atom stereocenters. The number of hydrogen-bond donors (Lipinski definition) is 1. The lowest BCUT2D eigenvalue weighted by Gasteiger charge is -2.32. The summed E-state index contributed by atoms with van der Waals surface area (Å²) in [4.78, 5) is 9.76. The number of aromatic nitrogens is 2. The Kier molecular flexibility index (Phi) is 4.65. The molecule has 0 bridgehead atoms. The van der Waals surface area contributed by atoms with Gasteiger partial charge in [-0.2, -0.15) is 0 Å². The number of H-pyrrole nitrogens is 1. The number of benzene rings is 1. The molecule has 0 radical (unpaired) electrons. The Bertz CT molecular complexity index is 536. The summed E-state index contributed by atoms with van der Waals surface area (Å²) in [7, 11) is 0. The maximum absolute atomic E-state index is 12.9. The topological polar surface area (TPSA) is 31.9 Å². The lowest BCUT2D eigenvalue weighted by Crippen LogP contribution is -2.35. The van der Waals surface area contributed by atoms with E-state index in [2.05, 4.69) is 14.9 Å².